The van der Waals surface area contributed by atoms with Crippen molar-refractivity contribution in [3.8, 4) is 0 Å². The fourth-order valence-corrected chi connectivity index (χ4v) is 9.52. The van der Waals surface area contributed by atoms with Crippen LogP contribution in [0.5, 0.6) is 0 Å². The summed E-state index contributed by atoms with van der Waals surface area (Å²) in [4.78, 5) is 27.3. The van der Waals surface area contributed by atoms with Gasteiger partial charge < -0.3 is 5.32 Å². The summed E-state index contributed by atoms with van der Waals surface area (Å²) in [6.07, 6.45) is 0. The van der Waals surface area contributed by atoms with Gasteiger partial charge in [0.1, 0.15) is 28.5 Å². The Bertz CT molecular complexity index is 1620. The minimum absolute atomic E-state index is 0.104. The molecule has 0 heterocycles. The van der Waals surface area contributed by atoms with Gasteiger partial charge in [-0.05, 0) is 48.5 Å². The second kappa shape index (κ2) is 15.3. The van der Waals surface area contributed by atoms with Crippen molar-refractivity contribution in [3.05, 3.63) is 168 Å². The van der Waals surface area contributed by atoms with Crippen LogP contribution in [-0.2, 0) is 4.79 Å². The van der Waals surface area contributed by atoms with Gasteiger partial charge in [0.2, 0.25) is 0 Å². The molecule has 2 amide bonds. The number of hydrazine groups is 1. The Morgan fingerprint density at radius 2 is 0.844 bits per heavy atom. The molecule has 0 unspecified atom stereocenters. The van der Waals surface area contributed by atoms with Gasteiger partial charge >= 0.3 is 0 Å². The van der Waals surface area contributed by atoms with Gasteiger partial charge in [0.05, 0.1) is 0 Å². The van der Waals surface area contributed by atoms with Crippen LogP contribution >= 0.6 is 7.26 Å². The summed E-state index contributed by atoms with van der Waals surface area (Å²) in [5.41, 5.74) is 3.64. The Labute approximate surface area is 263 Å². The van der Waals surface area contributed by atoms with Crippen LogP contribution in [0.1, 0.15) is 15.9 Å². The van der Waals surface area contributed by atoms with Crippen molar-refractivity contribution in [2.75, 3.05) is 0 Å². The highest BCUT2D eigenvalue weighted by atomic mass is 35.7. The zero-order valence-electron chi connectivity index (χ0n) is 23.8. The lowest BCUT2D eigenvalue weighted by Crippen LogP contribution is -2.68. The van der Waals surface area contributed by atoms with Crippen LogP contribution in [0.15, 0.2) is 157 Å². The van der Waals surface area contributed by atoms with Crippen molar-refractivity contribution in [2.45, 2.75) is 0 Å². The predicted molar refractivity (Wildman–Crippen MR) is 165 cm³/mol. The van der Waals surface area contributed by atoms with E-state index in [1.807, 2.05) is 91.0 Å². The van der Waals surface area contributed by atoms with Crippen LogP contribution < -0.4 is 51.1 Å². The summed E-state index contributed by atoms with van der Waals surface area (Å²) in [6.45, 7) is 0. The fraction of sp³-hybridized carbons (Fsp3) is 0. The fourth-order valence-electron chi connectivity index (χ4n) is 4.96. The Hall–Kier alpha value is -4.70. The van der Waals surface area contributed by atoms with Crippen molar-refractivity contribution >= 4 is 40.3 Å². The molecule has 9 nitrogen and oxygen atoms in total. The normalized spacial score (nSPS) is 11.8. The monoisotopic (exact) mass is 641 g/mol. The summed E-state index contributed by atoms with van der Waals surface area (Å²) in [5, 5.41) is 6.76. The summed E-state index contributed by atoms with van der Waals surface area (Å²) >= 11 is 0. The quantitative estimate of drug-likeness (QED) is 0.0703. The van der Waals surface area contributed by atoms with E-state index in [9.17, 15) is 9.59 Å². The average Bonchev–Trinajstić information content (AvgIpc) is 3.07. The number of nitrogens with one attached hydrogen (secondary N) is 2. The maximum absolute atomic E-state index is 13.7. The number of rotatable bonds is 8. The van der Waals surface area contributed by atoms with Crippen molar-refractivity contribution in [1.82, 2.24) is 10.7 Å². The number of nitrogens with two attached hydrogens (primary N) is 1. The number of carbonyl (C=O) groups excluding carboxylic acids is 2. The van der Waals surface area contributed by atoms with Gasteiger partial charge in [-0.2, -0.15) is 0 Å². The van der Waals surface area contributed by atoms with E-state index in [-0.39, 0.29) is 5.70 Å². The first-order valence-corrected chi connectivity index (χ1v) is 16.5. The molecule has 0 aliphatic carbocycles. The van der Waals surface area contributed by atoms with Gasteiger partial charge in [0, 0.05) is 11.1 Å². The Morgan fingerprint density at radius 3 is 1.18 bits per heavy atom. The molecule has 0 saturated carbocycles. The maximum atomic E-state index is 13.7. The van der Waals surface area contributed by atoms with Crippen molar-refractivity contribution in [1.29, 1.82) is 0 Å². The predicted octanol–water partition coefficient (Wildman–Crippen LogP) is 0.0132. The SMILES string of the molecule is NNC(=O)C(NC(=O)c1ccccc1)=C(c1ccccc1)[P+](c1ccccc1)(c1ccccc1)c1ccccc1.[O-][Cl+3]([O-])([O-])[O-]. The smallest absolute Gasteiger partial charge is 0.285 e. The van der Waals surface area contributed by atoms with E-state index < -0.39 is 29.3 Å². The van der Waals surface area contributed by atoms with Crippen LogP contribution in [0.3, 0.4) is 0 Å². The van der Waals surface area contributed by atoms with E-state index in [2.05, 4.69) is 47.1 Å². The van der Waals surface area contributed by atoms with Gasteiger partial charge in [-0.3, -0.25) is 15.0 Å². The molecule has 0 radical (unpaired) electrons. The molecule has 0 atom stereocenters. The molecule has 5 rings (SSSR count). The number of amides is 2. The molecule has 0 spiro atoms. The summed E-state index contributed by atoms with van der Waals surface area (Å²) in [5.74, 6) is 4.80. The average molecular weight is 642 g/mol. The van der Waals surface area contributed by atoms with E-state index in [1.165, 1.54) is 0 Å². The lowest BCUT2D eigenvalue weighted by atomic mass is 10.1. The third kappa shape index (κ3) is 8.27. The second-order valence-electron chi connectivity index (χ2n) is 9.44. The van der Waals surface area contributed by atoms with Crippen LogP contribution in [0.4, 0.5) is 0 Å². The van der Waals surface area contributed by atoms with Gasteiger partial charge in [0.15, 0.2) is 5.70 Å². The molecule has 0 saturated heterocycles. The first-order valence-electron chi connectivity index (χ1n) is 13.5. The molecular formula is C34H29ClN3O6P. The van der Waals surface area contributed by atoms with Gasteiger partial charge in [0.25, 0.3) is 11.8 Å². The third-order valence-electron chi connectivity index (χ3n) is 6.68. The number of benzene rings is 5. The highest BCUT2D eigenvalue weighted by Gasteiger charge is 2.52. The van der Waals surface area contributed by atoms with Crippen LogP contribution in [-0.4, -0.2) is 11.8 Å². The summed E-state index contributed by atoms with van der Waals surface area (Å²) in [6, 6.07) is 49.1. The van der Waals surface area contributed by atoms with Crippen LogP contribution in [0, 0.1) is 10.2 Å². The maximum Gasteiger partial charge on any atom is 0.285 e. The Balaban J connectivity index is 0.000000854. The van der Waals surface area contributed by atoms with Crippen molar-refractivity contribution in [2.24, 2.45) is 5.84 Å². The number of carbonyl (C=O) groups is 2. The van der Waals surface area contributed by atoms with Gasteiger partial charge in [-0.25, -0.2) is 24.5 Å². The number of hydrogen-bond donors (Lipinski definition) is 3. The molecule has 0 aromatic heterocycles. The largest absolute Gasteiger partial charge is 0.314 e. The topological polar surface area (TPSA) is 176 Å². The molecule has 4 N–H and O–H groups in total. The molecule has 0 aliphatic rings. The minimum atomic E-state index is -4.94. The van der Waals surface area contributed by atoms with E-state index in [1.54, 1.807) is 24.3 Å². The van der Waals surface area contributed by atoms with E-state index >= 15 is 0 Å². The summed E-state index contributed by atoms with van der Waals surface area (Å²) in [7, 11) is -7.75. The third-order valence-corrected chi connectivity index (χ3v) is 11.1. The number of halogens is 1. The zero-order valence-corrected chi connectivity index (χ0v) is 25.4. The zero-order chi connectivity index (χ0) is 32.3. The minimum Gasteiger partial charge on any atom is -0.314 e. The molecule has 0 bridgehead atoms. The lowest BCUT2D eigenvalue weighted by molar-refractivity contribution is -2.00. The highest BCUT2D eigenvalue weighted by molar-refractivity contribution is 8.03. The first-order chi connectivity index (χ1) is 21.7. The molecule has 45 heavy (non-hydrogen) atoms. The molecule has 228 valence electrons. The Morgan fingerprint density at radius 1 is 0.533 bits per heavy atom. The first kappa shape index (κ1) is 33.2. The standard InChI is InChI=1S/C34H28N3O2P.ClHO4/c35-37-34(39)31(36-33(38)27-18-8-2-9-19-27)32(26-16-6-1-7-17-26)40(28-20-10-3-11-21-28,29-22-12-4-13-23-29)30-24-14-5-15-25-30;2-1(3,4)5/h1-25H,35H2,(H-,36,37,38,39);(H,2,3,4,5). The number of hydrogen-bond acceptors (Lipinski definition) is 7. The molecule has 0 aliphatic heterocycles. The second-order valence-corrected chi connectivity index (χ2v) is 13.5. The van der Waals surface area contributed by atoms with Crippen molar-refractivity contribution in [3.63, 3.8) is 0 Å². The summed E-state index contributed by atoms with van der Waals surface area (Å²) < 4.78 is 34.0. The highest BCUT2D eigenvalue weighted by Crippen LogP contribution is 2.67. The molecule has 0 fully saturated rings. The molecular weight excluding hydrogens is 613 g/mol. The Kier molecular flexibility index (Phi) is 11.3. The van der Waals surface area contributed by atoms with E-state index in [0.717, 1.165) is 21.5 Å². The lowest BCUT2D eigenvalue weighted by Gasteiger charge is -2.31. The van der Waals surface area contributed by atoms with Gasteiger partial charge in [-0.15, -0.1) is 10.2 Å². The molecule has 5 aromatic carbocycles. The molecule has 11 heteroatoms. The van der Waals surface area contributed by atoms with Gasteiger partial charge in [-0.1, -0.05) is 103 Å². The van der Waals surface area contributed by atoms with Crippen LogP contribution in [0.2, 0.25) is 0 Å². The van der Waals surface area contributed by atoms with Crippen molar-refractivity contribution < 1.29 is 38.5 Å². The van der Waals surface area contributed by atoms with Crippen LogP contribution in [0.25, 0.3) is 5.31 Å². The van der Waals surface area contributed by atoms with E-state index in [4.69, 9.17) is 24.5 Å². The van der Waals surface area contributed by atoms with E-state index in [0.29, 0.717) is 10.9 Å². The molecule has 5 aromatic rings.